The Bertz CT molecular complexity index is 858. The molecular formula is C19H19NO2. The van der Waals surface area contributed by atoms with Crippen LogP contribution in [0.5, 0.6) is 0 Å². The van der Waals surface area contributed by atoms with Crippen molar-refractivity contribution < 1.29 is 9.53 Å². The van der Waals surface area contributed by atoms with E-state index in [1.807, 2.05) is 0 Å². The molecule has 0 atom stereocenters. The molecule has 0 saturated heterocycles. The normalized spacial score (nSPS) is 14.6. The zero-order valence-electron chi connectivity index (χ0n) is 12.7. The number of rotatable bonds is 4. The van der Waals surface area contributed by atoms with Gasteiger partial charge in [-0.1, -0.05) is 24.3 Å². The average Bonchev–Trinajstić information content (AvgIpc) is 3.35. The van der Waals surface area contributed by atoms with Gasteiger partial charge in [-0.3, -0.25) is 4.79 Å². The van der Waals surface area contributed by atoms with Crippen molar-refractivity contribution in [2.75, 3.05) is 0 Å². The molecule has 1 heterocycles. The molecule has 4 rings (SSSR count). The maximum Gasteiger partial charge on any atom is 0.309 e. The molecule has 1 fully saturated rings. The van der Waals surface area contributed by atoms with Crippen LogP contribution in [0.25, 0.3) is 21.8 Å². The van der Waals surface area contributed by atoms with Gasteiger partial charge in [0, 0.05) is 28.4 Å². The van der Waals surface area contributed by atoms with Crippen molar-refractivity contribution in [1.82, 2.24) is 4.57 Å². The van der Waals surface area contributed by atoms with Crippen LogP contribution in [0.1, 0.15) is 25.3 Å². The molecule has 1 aliphatic rings. The smallest absolute Gasteiger partial charge is 0.309 e. The van der Waals surface area contributed by atoms with E-state index < -0.39 is 0 Å². The number of aromatic nitrogens is 1. The van der Waals surface area contributed by atoms with Gasteiger partial charge in [-0.15, -0.1) is 0 Å². The second-order valence-corrected chi connectivity index (χ2v) is 5.99. The number of para-hydroxylation sites is 1. The third-order valence-electron chi connectivity index (χ3n) is 4.44. The Morgan fingerprint density at radius 1 is 1.14 bits per heavy atom. The van der Waals surface area contributed by atoms with Gasteiger partial charge >= 0.3 is 5.97 Å². The number of benzene rings is 2. The molecular weight excluding hydrogens is 274 g/mol. The molecule has 22 heavy (non-hydrogen) atoms. The molecule has 3 heteroatoms. The Morgan fingerprint density at radius 3 is 2.68 bits per heavy atom. The van der Waals surface area contributed by atoms with Crippen molar-refractivity contribution in [3.63, 3.8) is 0 Å². The second-order valence-electron chi connectivity index (χ2n) is 5.99. The topological polar surface area (TPSA) is 31.2 Å². The van der Waals surface area contributed by atoms with Gasteiger partial charge in [0.2, 0.25) is 0 Å². The summed E-state index contributed by atoms with van der Waals surface area (Å²) in [4.78, 5) is 11.7. The Hall–Kier alpha value is -2.29. The van der Waals surface area contributed by atoms with Crippen LogP contribution in [0.3, 0.4) is 0 Å². The van der Waals surface area contributed by atoms with E-state index in [1.54, 1.807) is 0 Å². The van der Waals surface area contributed by atoms with E-state index in [0.29, 0.717) is 6.61 Å². The maximum atomic E-state index is 11.7. The minimum atomic E-state index is -0.0453. The highest BCUT2D eigenvalue weighted by atomic mass is 16.5. The molecule has 0 unspecified atom stereocenters. The van der Waals surface area contributed by atoms with Gasteiger partial charge in [0.05, 0.1) is 5.92 Å². The van der Waals surface area contributed by atoms with Crippen LogP contribution < -0.4 is 0 Å². The first-order valence-corrected chi connectivity index (χ1v) is 7.94. The minimum absolute atomic E-state index is 0.0453. The molecule has 0 amide bonds. The Kier molecular flexibility index (Phi) is 3.14. The predicted molar refractivity (Wildman–Crippen MR) is 87.6 cm³/mol. The van der Waals surface area contributed by atoms with Crippen LogP contribution in [0.2, 0.25) is 0 Å². The van der Waals surface area contributed by atoms with Crippen molar-refractivity contribution in [3.05, 3.63) is 48.0 Å². The lowest BCUT2D eigenvalue weighted by atomic mass is 10.1. The summed E-state index contributed by atoms with van der Waals surface area (Å²) in [7, 11) is 0. The molecule has 0 aliphatic heterocycles. The van der Waals surface area contributed by atoms with Gasteiger partial charge in [-0.25, -0.2) is 0 Å². The van der Waals surface area contributed by atoms with Crippen LogP contribution in [0.15, 0.2) is 42.5 Å². The molecule has 3 nitrogen and oxygen atoms in total. The summed E-state index contributed by atoms with van der Waals surface area (Å²) < 4.78 is 7.72. The van der Waals surface area contributed by atoms with Crippen LogP contribution in [-0.4, -0.2) is 10.5 Å². The first kappa shape index (κ1) is 13.4. The van der Waals surface area contributed by atoms with E-state index in [4.69, 9.17) is 4.74 Å². The molecule has 1 aliphatic carbocycles. The fourth-order valence-corrected chi connectivity index (χ4v) is 3.12. The number of aryl methyl sites for hydroxylation is 1. The average molecular weight is 293 g/mol. The highest BCUT2D eigenvalue weighted by Crippen LogP contribution is 2.32. The SMILES string of the molecule is CCn1c2ccccc2c2cc(COC(=O)C3CC3)ccc21. The zero-order valence-corrected chi connectivity index (χ0v) is 12.7. The van der Waals surface area contributed by atoms with E-state index in [1.165, 1.54) is 21.8 Å². The van der Waals surface area contributed by atoms with Gasteiger partial charge in [0.25, 0.3) is 0 Å². The first-order valence-electron chi connectivity index (χ1n) is 7.94. The number of carbonyl (C=O) groups is 1. The van der Waals surface area contributed by atoms with Crippen molar-refractivity contribution in [3.8, 4) is 0 Å². The Labute approximate surface area is 129 Å². The zero-order chi connectivity index (χ0) is 15.1. The second kappa shape index (κ2) is 5.16. The van der Waals surface area contributed by atoms with Gasteiger partial charge in [-0.2, -0.15) is 0 Å². The largest absolute Gasteiger partial charge is 0.461 e. The number of fused-ring (bicyclic) bond motifs is 3. The van der Waals surface area contributed by atoms with Crippen molar-refractivity contribution in [2.45, 2.75) is 32.9 Å². The molecule has 0 radical (unpaired) electrons. The summed E-state index contributed by atoms with van der Waals surface area (Å²) >= 11 is 0. The summed E-state index contributed by atoms with van der Waals surface area (Å²) in [6.07, 6.45) is 1.98. The van der Waals surface area contributed by atoms with E-state index in [2.05, 4.69) is 54.0 Å². The summed E-state index contributed by atoms with van der Waals surface area (Å²) in [5.74, 6) is 0.113. The number of hydrogen-bond acceptors (Lipinski definition) is 2. The number of carbonyl (C=O) groups excluding carboxylic acids is 1. The summed E-state index contributed by atoms with van der Waals surface area (Å²) in [6.45, 7) is 3.48. The number of ether oxygens (including phenoxy) is 1. The van der Waals surface area contributed by atoms with Gasteiger partial charge in [0.1, 0.15) is 6.61 Å². The highest BCUT2D eigenvalue weighted by Gasteiger charge is 2.31. The lowest BCUT2D eigenvalue weighted by molar-refractivity contribution is -0.146. The predicted octanol–water partition coefficient (Wildman–Crippen LogP) is 4.27. The summed E-state index contributed by atoms with van der Waals surface area (Å²) in [5.41, 5.74) is 3.55. The van der Waals surface area contributed by atoms with Crippen molar-refractivity contribution in [2.24, 2.45) is 5.92 Å². The fourth-order valence-electron chi connectivity index (χ4n) is 3.12. The quantitative estimate of drug-likeness (QED) is 0.673. The molecule has 0 N–H and O–H groups in total. The highest BCUT2D eigenvalue weighted by molar-refractivity contribution is 6.08. The maximum absolute atomic E-state index is 11.7. The van der Waals surface area contributed by atoms with E-state index in [0.717, 1.165) is 24.9 Å². The van der Waals surface area contributed by atoms with Crippen LogP contribution in [0.4, 0.5) is 0 Å². The van der Waals surface area contributed by atoms with E-state index in [-0.39, 0.29) is 11.9 Å². The summed E-state index contributed by atoms with van der Waals surface area (Å²) in [6, 6.07) is 14.8. The number of hydrogen-bond donors (Lipinski definition) is 0. The molecule has 1 saturated carbocycles. The van der Waals surface area contributed by atoms with E-state index in [9.17, 15) is 4.79 Å². The standard InChI is InChI=1S/C19H19NO2/c1-2-20-17-6-4-3-5-15(17)16-11-13(7-10-18(16)20)12-22-19(21)14-8-9-14/h3-7,10-11,14H,2,8-9,12H2,1H3. The molecule has 0 spiro atoms. The number of esters is 1. The summed E-state index contributed by atoms with van der Waals surface area (Å²) in [5, 5.41) is 2.49. The molecule has 112 valence electrons. The van der Waals surface area contributed by atoms with Crippen LogP contribution >= 0.6 is 0 Å². The molecule has 3 aromatic rings. The Morgan fingerprint density at radius 2 is 1.91 bits per heavy atom. The third-order valence-corrected chi connectivity index (χ3v) is 4.44. The molecule has 1 aromatic heterocycles. The van der Waals surface area contributed by atoms with Gasteiger partial charge in [0.15, 0.2) is 0 Å². The van der Waals surface area contributed by atoms with Crippen molar-refractivity contribution in [1.29, 1.82) is 0 Å². The first-order chi connectivity index (χ1) is 10.8. The van der Waals surface area contributed by atoms with Gasteiger partial charge < -0.3 is 9.30 Å². The molecule has 0 bridgehead atoms. The minimum Gasteiger partial charge on any atom is -0.461 e. The van der Waals surface area contributed by atoms with Crippen LogP contribution in [0, 0.1) is 5.92 Å². The third kappa shape index (κ3) is 2.17. The lowest BCUT2D eigenvalue weighted by Crippen LogP contribution is -2.06. The lowest BCUT2D eigenvalue weighted by Gasteiger charge is -2.06. The Balaban J connectivity index is 1.73. The molecule has 2 aromatic carbocycles. The van der Waals surface area contributed by atoms with E-state index >= 15 is 0 Å². The fraction of sp³-hybridized carbons (Fsp3) is 0.316. The van der Waals surface area contributed by atoms with Crippen molar-refractivity contribution >= 4 is 27.8 Å². The number of nitrogens with zero attached hydrogens (tertiary/aromatic N) is 1. The van der Waals surface area contributed by atoms with Crippen LogP contribution in [-0.2, 0) is 22.7 Å². The van der Waals surface area contributed by atoms with Gasteiger partial charge in [-0.05, 0) is 43.5 Å². The monoisotopic (exact) mass is 293 g/mol.